The highest BCUT2D eigenvalue weighted by Crippen LogP contribution is 2.27. The van der Waals surface area contributed by atoms with E-state index in [1.54, 1.807) is 7.11 Å². The molecule has 1 aromatic carbocycles. The summed E-state index contributed by atoms with van der Waals surface area (Å²) in [6.07, 6.45) is 0. The van der Waals surface area contributed by atoms with Crippen molar-refractivity contribution in [1.29, 1.82) is 0 Å². The fourth-order valence-corrected chi connectivity index (χ4v) is 1.83. The Labute approximate surface area is 93.1 Å². The number of hydrogen-bond acceptors (Lipinski definition) is 3. The van der Waals surface area contributed by atoms with Crippen LogP contribution in [0.15, 0.2) is 12.1 Å². The Morgan fingerprint density at radius 3 is 2.60 bits per heavy atom. The Bertz CT molecular complexity index is 525. The molecule has 0 unspecified atom stereocenters. The van der Waals surface area contributed by atoms with Crippen molar-refractivity contribution in [1.82, 2.24) is 9.97 Å². The molecule has 15 heavy (non-hydrogen) atoms. The van der Waals surface area contributed by atoms with Gasteiger partial charge < -0.3 is 4.74 Å². The van der Waals surface area contributed by atoms with Crippen molar-refractivity contribution in [2.45, 2.75) is 13.8 Å². The van der Waals surface area contributed by atoms with E-state index >= 15 is 0 Å². The number of methoxy groups -OCH3 is 1. The standard InChI is InChI=1S/C11H11ClN2O/c1-6-4-8(15-3)5-9-10(6)13-7(2)14-11(9)12/h4-5H,1-3H3. The molecule has 0 amide bonds. The lowest BCUT2D eigenvalue weighted by Crippen LogP contribution is -1.94. The minimum absolute atomic E-state index is 0.472. The Kier molecular flexibility index (Phi) is 2.49. The molecule has 0 saturated heterocycles. The van der Waals surface area contributed by atoms with E-state index in [2.05, 4.69) is 9.97 Å². The van der Waals surface area contributed by atoms with Gasteiger partial charge in [0.05, 0.1) is 12.6 Å². The summed E-state index contributed by atoms with van der Waals surface area (Å²) in [6, 6.07) is 3.79. The first-order chi connectivity index (χ1) is 7.11. The molecule has 0 saturated carbocycles. The molecule has 1 heterocycles. The van der Waals surface area contributed by atoms with E-state index in [4.69, 9.17) is 16.3 Å². The van der Waals surface area contributed by atoms with E-state index in [0.717, 1.165) is 22.2 Å². The molecule has 0 bridgehead atoms. The Morgan fingerprint density at radius 1 is 1.20 bits per heavy atom. The maximum Gasteiger partial charge on any atom is 0.140 e. The first kappa shape index (κ1) is 10.2. The Morgan fingerprint density at radius 2 is 1.93 bits per heavy atom. The summed E-state index contributed by atoms with van der Waals surface area (Å²) < 4.78 is 5.17. The van der Waals surface area contributed by atoms with E-state index in [1.807, 2.05) is 26.0 Å². The van der Waals surface area contributed by atoms with Crippen LogP contribution < -0.4 is 4.74 Å². The molecule has 0 atom stereocenters. The summed E-state index contributed by atoms with van der Waals surface area (Å²) in [6.45, 7) is 3.81. The summed E-state index contributed by atoms with van der Waals surface area (Å²) >= 11 is 6.06. The first-order valence-corrected chi connectivity index (χ1v) is 4.98. The van der Waals surface area contributed by atoms with Gasteiger partial charge in [-0.2, -0.15) is 0 Å². The zero-order chi connectivity index (χ0) is 11.0. The summed E-state index contributed by atoms with van der Waals surface area (Å²) in [5.74, 6) is 1.45. The quantitative estimate of drug-likeness (QED) is 0.696. The van der Waals surface area contributed by atoms with Crippen LogP contribution in [0.2, 0.25) is 5.15 Å². The van der Waals surface area contributed by atoms with Crippen molar-refractivity contribution < 1.29 is 4.74 Å². The van der Waals surface area contributed by atoms with Crippen molar-refractivity contribution in [2.24, 2.45) is 0 Å². The van der Waals surface area contributed by atoms with Gasteiger partial charge in [-0.25, -0.2) is 9.97 Å². The van der Waals surface area contributed by atoms with Crippen LogP contribution in [0, 0.1) is 13.8 Å². The van der Waals surface area contributed by atoms with Crippen molar-refractivity contribution in [2.75, 3.05) is 7.11 Å². The van der Waals surface area contributed by atoms with Crippen LogP contribution in [0.4, 0.5) is 0 Å². The zero-order valence-corrected chi connectivity index (χ0v) is 9.59. The van der Waals surface area contributed by atoms with Crippen LogP contribution in [-0.4, -0.2) is 17.1 Å². The summed E-state index contributed by atoms with van der Waals surface area (Å²) in [7, 11) is 1.63. The molecule has 0 spiro atoms. The maximum atomic E-state index is 6.06. The van der Waals surface area contributed by atoms with Crippen LogP contribution >= 0.6 is 11.6 Å². The number of rotatable bonds is 1. The number of aromatic nitrogens is 2. The number of fused-ring (bicyclic) bond motifs is 1. The van der Waals surface area contributed by atoms with Crippen molar-refractivity contribution in [3.63, 3.8) is 0 Å². The van der Waals surface area contributed by atoms with Crippen LogP contribution in [0.3, 0.4) is 0 Å². The third kappa shape index (κ3) is 1.75. The molecule has 0 N–H and O–H groups in total. The normalized spacial score (nSPS) is 10.7. The summed E-state index contributed by atoms with van der Waals surface area (Å²) in [4.78, 5) is 8.48. The van der Waals surface area contributed by atoms with Crippen LogP contribution in [0.5, 0.6) is 5.75 Å². The van der Waals surface area contributed by atoms with E-state index in [9.17, 15) is 0 Å². The van der Waals surface area contributed by atoms with Gasteiger partial charge in [0, 0.05) is 5.39 Å². The van der Waals surface area contributed by atoms with Gasteiger partial charge in [-0.1, -0.05) is 11.6 Å². The number of nitrogens with zero attached hydrogens (tertiary/aromatic N) is 2. The van der Waals surface area contributed by atoms with E-state index < -0.39 is 0 Å². The molecule has 0 aliphatic heterocycles. The largest absolute Gasteiger partial charge is 0.497 e. The highest BCUT2D eigenvalue weighted by Gasteiger charge is 2.08. The minimum atomic E-state index is 0.472. The average Bonchev–Trinajstić information content (AvgIpc) is 2.19. The second-order valence-electron chi connectivity index (χ2n) is 3.40. The van der Waals surface area contributed by atoms with Gasteiger partial charge in [-0.15, -0.1) is 0 Å². The van der Waals surface area contributed by atoms with Gasteiger partial charge in [-0.05, 0) is 31.5 Å². The number of aryl methyl sites for hydroxylation is 2. The average molecular weight is 223 g/mol. The smallest absolute Gasteiger partial charge is 0.140 e. The second-order valence-corrected chi connectivity index (χ2v) is 3.76. The lowest BCUT2D eigenvalue weighted by molar-refractivity contribution is 0.415. The molecule has 3 nitrogen and oxygen atoms in total. The van der Waals surface area contributed by atoms with Gasteiger partial charge >= 0.3 is 0 Å². The predicted octanol–water partition coefficient (Wildman–Crippen LogP) is 2.91. The third-order valence-corrected chi connectivity index (χ3v) is 2.55. The molecule has 1 aromatic heterocycles. The SMILES string of the molecule is COc1cc(C)c2nc(C)nc(Cl)c2c1. The third-order valence-electron chi connectivity index (χ3n) is 2.27. The van der Waals surface area contributed by atoms with Gasteiger partial charge in [0.1, 0.15) is 16.7 Å². The summed E-state index contributed by atoms with van der Waals surface area (Å²) in [5.41, 5.74) is 1.92. The molecule has 0 aliphatic carbocycles. The van der Waals surface area contributed by atoms with Crippen LogP contribution in [0.25, 0.3) is 10.9 Å². The van der Waals surface area contributed by atoms with Crippen molar-refractivity contribution >= 4 is 22.5 Å². The fraction of sp³-hybridized carbons (Fsp3) is 0.273. The first-order valence-electron chi connectivity index (χ1n) is 4.60. The Balaban J connectivity index is 2.85. The molecule has 2 rings (SSSR count). The van der Waals surface area contributed by atoms with Crippen LogP contribution in [-0.2, 0) is 0 Å². The van der Waals surface area contributed by atoms with Crippen LogP contribution in [0.1, 0.15) is 11.4 Å². The van der Waals surface area contributed by atoms with Gasteiger partial charge in [0.15, 0.2) is 0 Å². The van der Waals surface area contributed by atoms with Crippen molar-refractivity contribution in [3.8, 4) is 5.75 Å². The highest BCUT2D eigenvalue weighted by atomic mass is 35.5. The van der Waals surface area contributed by atoms with Gasteiger partial charge in [0.2, 0.25) is 0 Å². The molecular formula is C11H11ClN2O. The predicted molar refractivity (Wildman–Crippen MR) is 60.6 cm³/mol. The number of hydrogen-bond donors (Lipinski definition) is 0. The molecule has 2 aromatic rings. The molecule has 78 valence electrons. The van der Waals surface area contributed by atoms with Crippen molar-refractivity contribution in [3.05, 3.63) is 28.7 Å². The topological polar surface area (TPSA) is 35.0 Å². The minimum Gasteiger partial charge on any atom is -0.497 e. The maximum absolute atomic E-state index is 6.06. The van der Waals surface area contributed by atoms with E-state index in [-0.39, 0.29) is 0 Å². The molecule has 4 heteroatoms. The number of halogens is 1. The van der Waals surface area contributed by atoms with Gasteiger partial charge in [0.25, 0.3) is 0 Å². The van der Waals surface area contributed by atoms with E-state index in [1.165, 1.54) is 0 Å². The molecule has 0 fully saturated rings. The zero-order valence-electron chi connectivity index (χ0n) is 8.84. The second kappa shape index (κ2) is 3.66. The Hall–Kier alpha value is -1.35. The monoisotopic (exact) mass is 222 g/mol. The molecule has 0 aliphatic rings. The molecule has 0 radical (unpaired) electrons. The van der Waals surface area contributed by atoms with Gasteiger partial charge in [-0.3, -0.25) is 0 Å². The fourth-order valence-electron chi connectivity index (χ4n) is 1.56. The summed E-state index contributed by atoms with van der Waals surface area (Å²) in [5, 5.41) is 1.30. The van der Waals surface area contributed by atoms with E-state index in [0.29, 0.717) is 11.0 Å². The lowest BCUT2D eigenvalue weighted by Gasteiger charge is -2.07. The lowest BCUT2D eigenvalue weighted by atomic mass is 10.1. The highest BCUT2D eigenvalue weighted by molar-refractivity contribution is 6.34. The molecular weight excluding hydrogens is 212 g/mol. The number of benzene rings is 1. The number of ether oxygens (including phenoxy) is 1.